The molecule has 1 aromatic carbocycles. The first-order valence-electron chi connectivity index (χ1n) is 6.65. The molecule has 0 atom stereocenters. The number of rotatable bonds is 6. The molecule has 0 spiro atoms. The van der Waals surface area contributed by atoms with Gasteiger partial charge in [0, 0.05) is 19.0 Å². The van der Waals surface area contributed by atoms with E-state index in [4.69, 9.17) is 11.6 Å². The monoisotopic (exact) mass is 301 g/mol. The van der Waals surface area contributed by atoms with E-state index in [0.717, 1.165) is 24.0 Å². The SMILES string of the molecule is CCN(CC1CC1)S(=O)(=O)c1cccc(CCl)c1C. The highest BCUT2D eigenvalue weighted by molar-refractivity contribution is 7.89. The highest BCUT2D eigenvalue weighted by Crippen LogP contribution is 2.32. The summed E-state index contributed by atoms with van der Waals surface area (Å²) >= 11 is 5.85. The molecule has 1 aliphatic rings. The first-order valence-corrected chi connectivity index (χ1v) is 8.62. The van der Waals surface area contributed by atoms with Crippen molar-refractivity contribution in [3.05, 3.63) is 29.3 Å². The number of hydrogen-bond acceptors (Lipinski definition) is 2. The van der Waals surface area contributed by atoms with Crippen LogP contribution in [0.4, 0.5) is 0 Å². The second-order valence-corrected chi connectivity index (χ2v) is 7.25. The fraction of sp³-hybridized carbons (Fsp3) is 0.571. The molecule has 0 aliphatic heterocycles. The first-order chi connectivity index (χ1) is 9.00. The molecule has 3 nitrogen and oxygen atoms in total. The van der Waals surface area contributed by atoms with Crippen LogP contribution in [0, 0.1) is 12.8 Å². The van der Waals surface area contributed by atoms with Gasteiger partial charge in [0.15, 0.2) is 0 Å². The summed E-state index contributed by atoms with van der Waals surface area (Å²) in [5.41, 5.74) is 1.65. The Hall–Kier alpha value is -0.580. The van der Waals surface area contributed by atoms with Gasteiger partial charge in [-0.3, -0.25) is 0 Å². The van der Waals surface area contributed by atoms with E-state index in [9.17, 15) is 8.42 Å². The summed E-state index contributed by atoms with van der Waals surface area (Å²) in [6.45, 7) is 4.88. The molecule has 1 aliphatic carbocycles. The Bertz CT molecular complexity index is 553. The molecule has 5 heteroatoms. The van der Waals surface area contributed by atoms with Crippen molar-refractivity contribution in [1.29, 1.82) is 0 Å². The molecule has 1 aromatic rings. The second-order valence-electron chi connectivity index (χ2n) is 5.07. The molecule has 106 valence electrons. The van der Waals surface area contributed by atoms with Crippen LogP contribution in [-0.4, -0.2) is 25.8 Å². The van der Waals surface area contributed by atoms with Gasteiger partial charge in [0.2, 0.25) is 10.0 Å². The van der Waals surface area contributed by atoms with Gasteiger partial charge in [0.1, 0.15) is 0 Å². The molecule has 2 rings (SSSR count). The fourth-order valence-electron chi connectivity index (χ4n) is 2.21. The standard InChI is InChI=1S/C14H20ClNO2S/c1-3-16(10-12-7-8-12)19(17,18)14-6-4-5-13(9-15)11(14)2/h4-6,12H,3,7-10H2,1-2H3. The van der Waals surface area contributed by atoms with Crippen molar-refractivity contribution in [2.75, 3.05) is 13.1 Å². The summed E-state index contributed by atoms with van der Waals surface area (Å²) in [6, 6.07) is 5.32. The highest BCUT2D eigenvalue weighted by atomic mass is 35.5. The lowest BCUT2D eigenvalue weighted by Gasteiger charge is -2.22. The number of sulfonamides is 1. The number of benzene rings is 1. The summed E-state index contributed by atoms with van der Waals surface area (Å²) in [6.07, 6.45) is 2.29. The van der Waals surface area contributed by atoms with E-state index in [1.807, 2.05) is 19.9 Å². The first kappa shape index (κ1) is 14.8. The number of hydrogen-bond donors (Lipinski definition) is 0. The predicted molar refractivity (Wildman–Crippen MR) is 77.9 cm³/mol. The zero-order chi connectivity index (χ0) is 14.0. The molecule has 0 radical (unpaired) electrons. The van der Waals surface area contributed by atoms with Gasteiger partial charge >= 0.3 is 0 Å². The van der Waals surface area contributed by atoms with Crippen molar-refractivity contribution in [1.82, 2.24) is 4.31 Å². The second kappa shape index (κ2) is 5.81. The number of halogens is 1. The largest absolute Gasteiger partial charge is 0.243 e. The predicted octanol–water partition coefficient (Wildman–Crippen LogP) is 3.15. The normalized spacial score (nSPS) is 16.0. The van der Waals surface area contributed by atoms with Crippen molar-refractivity contribution in [3.63, 3.8) is 0 Å². The summed E-state index contributed by atoms with van der Waals surface area (Å²) < 4.78 is 27.0. The molecule has 0 saturated heterocycles. The molecular formula is C14H20ClNO2S. The van der Waals surface area contributed by atoms with Gasteiger partial charge in [0.05, 0.1) is 4.90 Å². The summed E-state index contributed by atoms with van der Waals surface area (Å²) in [5.74, 6) is 0.885. The fourth-order valence-corrected chi connectivity index (χ4v) is 4.29. The summed E-state index contributed by atoms with van der Waals surface area (Å²) in [4.78, 5) is 0.396. The topological polar surface area (TPSA) is 37.4 Å². The van der Waals surface area contributed by atoms with Crippen molar-refractivity contribution in [2.45, 2.75) is 37.5 Å². The zero-order valence-electron chi connectivity index (χ0n) is 11.4. The molecule has 0 unspecified atom stereocenters. The molecular weight excluding hydrogens is 282 g/mol. The third-order valence-corrected chi connectivity index (χ3v) is 6.04. The van der Waals surface area contributed by atoms with E-state index in [1.165, 1.54) is 0 Å². The maximum absolute atomic E-state index is 12.7. The van der Waals surface area contributed by atoms with Crippen LogP contribution in [0.25, 0.3) is 0 Å². The van der Waals surface area contributed by atoms with Gasteiger partial charge in [-0.1, -0.05) is 19.1 Å². The van der Waals surface area contributed by atoms with Gasteiger partial charge in [-0.05, 0) is 42.9 Å². The molecule has 1 fully saturated rings. The Morgan fingerprint density at radius 1 is 1.37 bits per heavy atom. The maximum Gasteiger partial charge on any atom is 0.243 e. The van der Waals surface area contributed by atoms with Crippen LogP contribution < -0.4 is 0 Å². The highest BCUT2D eigenvalue weighted by Gasteiger charge is 2.31. The quantitative estimate of drug-likeness (QED) is 0.757. The minimum Gasteiger partial charge on any atom is -0.207 e. The Morgan fingerprint density at radius 3 is 2.58 bits per heavy atom. The van der Waals surface area contributed by atoms with Crippen molar-refractivity contribution >= 4 is 21.6 Å². The average Bonchev–Trinajstić information content (AvgIpc) is 3.19. The molecule has 0 amide bonds. The Morgan fingerprint density at radius 2 is 2.05 bits per heavy atom. The minimum atomic E-state index is -3.39. The van der Waals surface area contributed by atoms with E-state index in [-0.39, 0.29) is 0 Å². The van der Waals surface area contributed by atoms with Crippen LogP contribution >= 0.6 is 11.6 Å². The van der Waals surface area contributed by atoms with Crippen LogP contribution in [0.2, 0.25) is 0 Å². The van der Waals surface area contributed by atoms with Gasteiger partial charge in [-0.15, -0.1) is 11.6 Å². The lowest BCUT2D eigenvalue weighted by molar-refractivity contribution is 0.411. The van der Waals surface area contributed by atoms with E-state index in [1.54, 1.807) is 16.4 Å². The van der Waals surface area contributed by atoms with E-state index >= 15 is 0 Å². The van der Waals surface area contributed by atoms with Gasteiger partial charge in [-0.2, -0.15) is 4.31 Å². The van der Waals surface area contributed by atoms with Gasteiger partial charge < -0.3 is 0 Å². The smallest absolute Gasteiger partial charge is 0.207 e. The molecule has 0 heterocycles. The van der Waals surface area contributed by atoms with Crippen LogP contribution in [-0.2, 0) is 15.9 Å². The van der Waals surface area contributed by atoms with Crippen molar-refractivity contribution in [3.8, 4) is 0 Å². The molecule has 0 bridgehead atoms. The molecule has 0 N–H and O–H groups in total. The lowest BCUT2D eigenvalue weighted by Crippen LogP contribution is -2.33. The Labute approximate surface area is 120 Å². The van der Waals surface area contributed by atoms with Crippen LogP contribution in [0.15, 0.2) is 23.1 Å². The van der Waals surface area contributed by atoms with E-state index < -0.39 is 10.0 Å². The third-order valence-electron chi connectivity index (χ3n) is 3.67. The average molecular weight is 302 g/mol. The lowest BCUT2D eigenvalue weighted by atomic mass is 10.1. The zero-order valence-corrected chi connectivity index (χ0v) is 13.0. The van der Waals surface area contributed by atoms with Gasteiger partial charge in [0.25, 0.3) is 0 Å². The Balaban J connectivity index is 2.36. The summed E-state index contributed by atoms with van der Waals surface area (Å²) in [5, 5.41) is 0. The molecule has 0 aromatic heterocycles. The van der Waals surface area contributed by atoms with E-state index in [0.29, 0.717) is 29.8 Å². The van der Waals surface area contributed by atoms with Crippen LogP contribution in [0.5, 0.6) is 0 Å². The van der Waals surface area contributed by atoms with Crippen LogP contribution in [0.3, 0.4) is 0 Å². The number of nitrogens with zero attached hydrogens (tertiary/aromatic N) is 1. The van der Waals surface area contributed by atoms with Crippen molar-refractivity contribution in [2.24, 2.45) is 5.92 Å². The van der Waals surface area contributed by atoms with Crippen molar-refractivity contribution < 1.29 is 8.42 Å². The Kier molecular flexibility index (Phi) is 4.54. The van der Waals surface area contributed by atoms with Gasteiger partial charge in [-0.25, -0.2) is 8.42 Å². The van der Waals surface area contributed by atoms with E-state index in [2.05, 4.69) is 0 Å². The van der Waals surface area contributed by atoms with Crippen LogP contribution in [0.1, 0.15) is 30.9 Å². The summed E-state index contributed by atoms with van der Waals surface area (Å²) in [7, 11) is -3.39. The number of alkyl halides is 1. The minimum absolute atomic E-state index is 0.337. The molecule has 1 saturated carbocycles. The molecule has 19 heavy (non-hydrogen) atoms. The third kappa shape index (κ3) is 3.12. The maximum atomic E-state index is 12.7.